The summed E-state index contributed by atoms with van der Waals surface area (Å²) in [5, 5.41) is 0. The van der Waals surface area contributed by atoms with E-state index in [0.29, 0.717) is 0 Å². The Morgan fingerprint density at radius 1 is 1.17 bits per heavy atom. The van der Waals surface area contributed by atoms with Crippen molar-refractivity contribution in [1.82, 2.24) is 0 Å². The third-order valence-electron chi connectivity index (χ3n) is 2.78. The lowest BCUT2D eigenvalue weighted by Crippen LogP contribution is -1.96. The molecule has 0 saturated heterocycles. The maximum Gasteiger partial charge on any atom is 0.123 e. The highest BCUT2D eigenvalue weighted by Crippen LogP contribution is 2.28. The van der Waals surface area contributed by atoms with Gasteiger partial charge in [-0.05, 0) is 41.8 Å². The van der Waals surface area contributed by atoms with Crippen LogP contribution in [0.25, 0.3) is 0 Å². The van der Waals surface area contributed by atoms with Crippen molar-refractivity contribution in [3.8, 4) is 5.75 Å². The molecule has 3 heteroatoms. The SMILES string of the molecule is COc1ccc(C(Br)Cc2cccc(F)c2)cc1. The predicted molar refractivity (Wildman–Crippen MR) is 74.8 cm³/mol. The van der Waals surface area contributed by atoms with E-state index in [9.17, 15) is 4.39 Å². The fraction of sp³-hybridized carbons (Fsp3) is 0.200. The summed E-state index contributed by atoms with van der Waals surface area (Å²) in [4.78, 5) is 0.171. The zero-order valence-electron chi connectivity index (χ0n) is 10.1. The van der Waals surface area contributed by atoms with E-state index in [-0.39, 0.29) is 10.6 Å². The van der Waals surface area contributed by atoms with Crippen LogP contribution in [0.15, 0.2) is 48.5 Å². The van der Waals surface area contributed by atoms with Crippen LogP contribution >= 0.6 is 15.9 Å². The number of methoxy groups -OCH3 is 1. The summed E-state index contributed by atoms with van der Waals surface area (Å²) in [5.41, 5.74) is 2.13. The van der Waals surface area contributed by atoms with Gasteiger partial charge in [0.15, 0.2) is 0 Å². The highest BCUT2D eigenvalue weighted by molar-refractivity contribution is 9.09. The normalized spacial score (nSPS) is 12.2. The summed E-state index contributed by atoms with van der Waals surface area (Å²) < 4.78 is 18.2. The molecule has 2 rings (SSSR count). The Labute approximate surface area is 115 Å². The van der Waals surface area contributed by atoms with E-state index in [1.165, 1.54) is 6.07 Å². The standard InChI is InChI=1S/C15H14BrFO/c1-18-14-7-5-12(6-8-14)15(16)10-11-3-2-4-13(17)9-11/h2-9,15H,10H2,1H3. The molecule has 0 N–H and O–H groups in total. The maximum absolute atomic E-state index is 13.1. The van der Waals surface area contributed by atoms with Gasteiger partial charge in [-0.1, -0.05) is 40.2 Å². The Morgan fingerprint density at radius 3 is 2.50 bits per heavy atom. The van der Waals surface area contributed by atoms with Gasteiger partial charge in [0.05, 0.1) is 7.11 Å². The van der Waals surface area contributed by atoms with Gasteiger partial charge >= 0.3 is 0 Å². The largest absolute Gasteiger partial charge is 0.497 e. The Bertz CT molecular complexity index is 510. The van der Waals surface area contributed by atoms with Crippen molar-refractivity contribution in [2.75, 3.05) is 7.11 Å². The van der Waals surface area contributed by atoms with Crippen LogP contribution in [-0.4, -0.2) is 7.11 Å². The van der Waals surface area contributed by atoms with Crippen LogP contribution in [0.4, 0.5) is 4.39 Å². The molecule has 0 radical (unpaired) electrons. The van der Waals surface area contributed by atoms with Crippen LogP contribution in [0.2, 0.25) is 0 Å². The summed E-state index contributed by atoms with van der Waals surface area (Å²) in [7, 11) is 1.65. The van der Waals surface area contributed by atoms with E-state index < -0.39 is 0 Å². The summed E-state index contributed by atoms with van der Waals surface area (Å²) in [5.74, 6) is 0.645. The van der Waals surface area contributed by atoms with Crippen molar-refractivity contribution in [2.24, 2.45) is 0 Å². The molecule has 0 amide bonds. The van der Waals surface area contributed by atoms with Crippen molar-refractivity contribution >= 4 is 15.9 Å². The van der Waals surface area contributed by atoms with Gasteiger partial charge in [0.25, 0.3) is 0 Å². The first kappa shape index (κ1) is 13.1. The number of ether oxygens (including phenoxy) is 1. The van der Waals surface area contributed by atoms with E-state index in [1.807, 2.05) is 30.3 Å². The van der Waals surface area contributed by atoms with Gasteiger partial charge in [-0.3, -0.25) is 0 Å². The Kier molecular flexibility index (Phi) is 4.37. The number of benzene rings is 2. The molecule has 0 saturated carbocycles. The first-order chi connectivity index (χ1) is 8.69. The van der Waals surface area contributed by atoms with Gasteiger partial charge in [0.2, 0.25) is 0 Å². The molecular weight excluding hydrogens is 295 g/mol. The molecular formula is C15H14BrFO. The Morgan fingerprint density at radius 2 is 1.89 bits per heavy atom. The van der Waals surface area contributed by atoms with Crippen molar-refractivity contribution in [3.05, 3.63) is 65.5 Å². The van der Waals surface area contributed by atoms with Gasteiger partial charge in [0, 0.05) is 4.83 Å². The monoisotopic (exact) mass is 308 g/mol. The van der Waals surface area contributed by atoms with Crippen molar-refractivity contribution in [1.29, 1.82) is 0 Å². The summed E-state index contributed by atoms with van der Waals surface area (Å²) in [6.07, 6.45) is 0.754. The smallest absolute Gasteiger partial charge is 0.123 e. The molecule has 94 valence electrons. The van der Waals surface area contributed by atoms with Crippen molar-refractivity contribution < 1.29 is 9.13 Å². The van der Waals surface area contributed by atoms with Crippen LogP contribution in [0.3, 0.4) is 0 Å². The van der Waals surface area contributed by atoms with Crippen LogP contribution < -0.4 is 4.74 Å². The lowest BCUT2D eigenvalue weighted by Gasteiger charge is -2.11. The van der Waals surface area contributed by atoms with Crippen molar-refractivity contribution in [2.45, 2.75) is 11.2 Å². The van der Waals surface area contributed by atoms with E-state index in [4.69, 9.17) is 4.74 Å². The average molecular weight is 309 g/mol. The van der Waals surface area contributed by atoms with Crippen molar-refractivity contribution in [3.63, 3.8) is 0 Å². The Balaban J connectivity index is 2.09. The molecule has 0 bridgehead atoms. The quantitative estimate of drug-likeness (QED) is 0.755. The van der Waals surface area contributed by atoms with E-state index >= 15 is 0 Å². The maximum atomic E-state index is 13.1. The number of hydrogen-bond acceptors (Lipinski definition) is 1. The van der Waals surface area contributed by atoms with E-state index in [2.05, 4.69) is 15.9 Å². The average Bonchev–Trinajstić information content (AvgIpc) is 2.39. The van der Waals surface area contributed by atoms with E-state index in [0.717, 1.165) is 23.3 Å². The molecule has 0 heterocycles. The second-order valence-corrected chi connectivity index (χ2v) is 5.18. The molecule has 0 fully saturated rings. The van der Waals surface area contributed by atoms with Crippen LogP contribution in [0.5, 0.6) is 5.75 Å². The van der Waals surface area contributed by atoms with Gasteiger partial charge in [-0.2, -0.15) is 0 Å². The zero-order valence-corrected chi connectivity index (χ0v) is 11.7. The molecule has 1 atom stereocenters. The fourth-order valence-corrected chi connectivity index (χ4v) is 2.48. The first-order valence-corrected chi connectivity index (χ1v) is 6.63. The topological polar surface area (TPSA) is 9.23 Å². The second kappa shape index (κ2) is 6.01. The molecule has 0 aliphatic carbocycles. The molecule has 0 aromatic heterocycles. The van der Waals surface area contributed by atoms with Gasteiger partial charge in [-0.25, -0.2) is 4.39 Å². The summed E-state index contributed by atoms with van der Waals surface area (Å²) in [6, 6.07) is 14.6. The number of alkyl halides is 1. The molecule has 0 aliphatic rings. The zero-order chi connectivity index (χ0) is 13.0. The molecule has 1 nitrogen and oxygen atoms in total. The number of rotatable bonds is 4. The van der Waals surface area contributed by atoms with Crippen LogP contribution in [0, 0.1) is 5.82 Å². The number of halogens is 2. The summed E-state index contributed by atoms with van der Waals surface area (Å²) >= 11 is 3.63. The van der Waals surface area contributed by atoms with Gasteiger partial charge in [-0.15, -0.1) is 0 Å². The lowest BCUT2D eigenvalue weighted by molar-refractivity contribution is 0.414. The predicted octanol–water partition coefficient (Wildman–Crippen LogP) is 4.51. The molecule has 2 aromatic carbocycles. The minimum absolute atomic E-state index is 0.171. The molecule has 1 unspecified atom stereocenters. The third kappa shape index (κ3) is 3.33. The van der Waals surface area contributed by atoms with E-state index in [1.54, 1.807) is 19.2 Å². The molecule has 2 aromatic rings. The van der Waals surface area contributed by atoms with Crippen LogP contribution in [-0.2, 0) is 6.42 Å². The molecule has 0 aliphatic heterocycles. The van der Waals surface area contributed by atoms with Gasteiger partial charge in [0.1, 0.15) is 11.6 Å². The highest BCUT2D eigenvalue weighted by Gasteiger charge is 2.09. The molecule has 18 heavy (non-hydrogen) atoms. The van der Waals surface area contributed by atoms with Crippen LogP contribution in [0.1, 0.15) is 16.0 Å². The second-order valence-electron chi connectivity index (χ2n) is 4.07. The fourth-order valence-electron chi connectivity index (χ4n) is 1.80. The minimum atomic E-state index is -0.193. The van der Waals surface area contributed by atoms with Gasteiger partial charge < -0.3 is 4.74 Å². The lowest BCUT2D eigenvalue weighted by atomic mass is 10.0. The Hall–Kier alpha value is -1.35. The summed E-state index contributed by atoms with van der Waals surface area (Å²) in [6.45, 7) is 0. The number of hydrogen-bond donors (Lipinski definition) is 0. The first-order valence-electron chi connectivity index (χ1n) is 5.71. The highest BCUT2D eigenvalue weighted by atomic mass is 79.9. The molecule has 0 spiro atoms. The third-order valence-corrected chi connectivity index (χ3v) is 3.63. The minimum Gasteiger partial charge on any atom is -0.497 e.